The SMILES string of the molecule is NC(=O)C1CC(C(=O)Nc2cccc(-c3nnnn3C3CC3)c2)=NN1c1ccccc1. The van der Waals surface area contributed by atoms with Gasteiger partial charge in [0.25, 0.3) is 5.91 Å². The molecule has 5 rings (SSSR count). The predicted molar refractivity (Wildman–Crippen MR) is 114 cm³/mol. The number of amides is 2. The topological polar surface area (TPSA) is 131 Å². The molecule has 1 aromatic heterocycles. The molecule has 2 amide bonds. The summed E-state index contributed by atoms with van der Waals surface area (Å²) < 4.78 is 1.82. The van der Waals surface area contributed by atoms with E-state index in [1.54, 1.807) is 6.07 Å². The number of carbonyl (C=O) groups excluding carboxylic acids is 2. The van der Waals surface area contributed by atoms with Crippen LogP contribution in [0.15, 0.2) is 59.7 Å². The molecule has 3 N–H and O–H groups in total. The lowest BCUT2D eigenvalue weighted by Gasteiger charge is -2.20. The van der Waals surface area contributed by atoms with Crippen LogP contribution in [0.4, 0.5) is 11.4 Å². The fourth-order valence-corrected chi connectivity index (χ4v) is 3.58. The Kier molecular flexibility index (Phi) is 4.66. The highest BCUT2D eigenvalue weighted by Crippen LogP contribution is 2.36. The minimum atomic E-state index is -0.711. The Hall–Kier alpha value is -4.08. The van der Waals surface area contributed by atoms with Gasteiger partial charge in [0.1, 0.15) is 11.8 Å². The first-order chi connectivity index (χ1) is 15.1. The molecular weight excluding hydrogens is 396 g/mol. The minimum Gasteiger partial charge on any atom is -0.368 e. The van der Waals surface area contributed by atoms with E-state index in [2.05, 4.69) is 25.9 Å². The zero-order valence-electron chi connectivity index (χ0n) is 16.5. The third-order valence-corrected chi connectivity index (χ3v) is 5.29. The number of hydrogen-bond donors (Lipinski definition) is 2. The average molecular weight is 416 g/mol. The summed E-state index contributed by atoms with van der Waals surface area (Å²) in [6.07, 6.45) is 2.26. The van der Waals surface area contributed by atoms with Crippen LogP contribution in [0.5, 0.6) is 0 Å². The molecule has 0 saturated heterocycles. The molecule has 1 aliphatic carbocycles. The molecule has 0 radical (unpaired) electrons. The largest absolute Gasteiger partial charge is 0.368 e. The minimum absolute atomic E-state index is 0.135. The average Bonchev–Trinajstić information content (AvgIpc) is 3.33. The van der Waals surface area contributed by atoms with Crippen molar-refractivity contribution in [2.45, 2.75) is 31.3 Å². The van der Waals surface area contributed by atoms with Crippen molar-refractivity contribution in [2.24, 2.45) is 10.8 Å². The summed E-state index contributed by atoms with van der Waals surface area (Å²) in [7, 11) is 0. The van der Waals surface area contributed by atoms with Crippen LogP contribution >= 0.6 is 0 Å². The van der Waals surface area contributed by atoms with E-state index in [0.717, 1.165) is 18.4 Å². The van der Waals surface area contributed by atoms with Gasteiger partial charge in [-0.25, -0.2) is 4.68 Å². The molecule has 31 heavy (non-hydrogen) atoms. The molecule has 0 bridgehead atoms. The van der Waals surface area contributed by atoms with E-state index in [4.69, 9.17) is 5.73 Å². The van der Waals surface area contributed by atoms with Crippen LogP contribution in [0.25, 0.3) is 11.4 Å². The normalized spacial score (nSPS) is 18.0. The van der Waals surface area contributed by atoms with Gasteiger partial charge >= 0.3 is 0 Å². The van der Waals surface area contributed by atoms with Gasteiger partial charge in [0, 0.05) is 17.7 Å². The Morgan fingerprint density at radius 2 is 1.87 bits per heavy atom. The Bertz CT molecular complexity index is 1170. The number of para-hydroxylation sites is 1. The number of rotatable bonds is 6. The van der Waals surface area contributed by atoms with Crippen LogP contribution in [-0.4, -0.2) is 43.8 Å². The van der Waals surface area contributed by atoms with Crippen molar-refractivity contribution in [3.63, 3.8) is 0 Å². The third kappa shape index (κ3) is 3.75. The standard InChI is InChI=1S/C21H20N8O2/c22-19(30)18-12-17(25-28(18)15-7-2-1-3-8-15)21(31)23-14-6-4-5-13(11-14)20-24-26-27-29(20)16-9-10-16/h1-8,11,16,18H,9-10,12H2,(H2,22,30)(H,23,31). The highest BCUT2D eigenvalue weighted by atomic mass is 16.2. The lowest BCUT2D eigenvalue weighted by molar-refractivity contribution is -0.119. The predicted octanol–water partition coefficient (Wildman–Crippen LogP) is 1.73. The van der Waals surface area contributed by atoms with Gasteiger partial charge in [-0.2, -0.15) is 5.10 Å². The number of benzene rings is 2. The van der Waals surface area contributed by atoms with E-state index < -0.39 is 11.9 Å². The van der Waals surface area contributed by atoms with Gasteiger partial charge in [-0.15, -0.1) is 5.10 Å². The summed E-state index contributed by atoms with van der Waals surface area (Å²) in [5.41, 5.74) is 7.88. The van der Waals surface area contributed by atoms with Gasteiger partial charge < -0.3 is 11.1 Å². The molecule has 10 heteroatoms. The van der Waals surface area contributed by atoms with E-state index in [1.807, 2.05) is 53.2 Å². The van der Waals surface area contributed by atoms with Gasteiger partial charge in [-0.05, 0) is 47.5 Å². The van der Waals surface area contributed by atoms with Gasteiger partial charge in [-0.3, -0.25) is 14.6 Å². The molecule has 1 saturated carbocycles. The summed E-state index contributed by atoms with van der Waals surface area (Å²) >= 11 is 0. The van der Waals surface area contributed by atoms with Crippen molar-refractivity contribution in [2.75, 3.05) is 10.3 Å². The number of nitrogens with two attached hydrogens (primary N) is 1. The molecule has 156 valence electrons. The van der Waals surface area contributed by atoms with Gasteiger partial charge in [0.15, 0.2) is 5.82 Å². The highest BCUT2D eigenvalue weighted by Gasteiger charge is 2.35. The molecule has 0 spiro atoms. The molecular formula is C21H20N8O2. The van der Waals surface area contributed by atoms with E-state index in [0.29, 0.717) is 23.2 Å². The van der Waals surface area contributed by atoms with Crippen LogP contribution in [0.1, 0.15) is 25.3 Å². The van der Waals surface area contributed by atoms with Gasteiger partial charge in [0.2, 0.25) is 5.91 Å². The smallest absolute Gasteiger partial charge is 0.271 e. The van der Waals surface area contributed by atoms with Crippen molar-refractivity contribution in [3.05, 3.63) is 54.6 Å². The fraction of sp³-hybridized carbons (Fsp3) is 0.238. The number of nitrogens with one attached hydrogen (secondary N) is 1. The van der Waals surface area contributed by atoms with Crippen molar-refractivity contribution in [3.8, 4) is 11.4 Å². The quantitative estimate of drug-likeness (QED) is 0.629. The summed E-state index contributed by atoms with van der Waals surface area (Å²) in [6.45, 7) is 0. The maximum atomic E-state index is 12.9. The number of aromatic nitrogens is 4. The third-order valence-electron chi connectivity index (χ3n) is 5.29. The molecule has 2 aliphatic rings. The molecule has 2 aromatic carbocycles. The first-order valence-corrected chi connectivity index (χ1v) is 10.0. The number of carbonyl (C=O) groups is 2. The zero-order valence-corrected chi connectivity index (χ0v) is 16.5. The monoisotopic (exact) mass is 416 g/mol. The Labute approximate surface area is 177 Å². The number of tetrazole rings is 1. The van der Waals surface area contributed by atoms with E-state index in [9.17, 15) is 9.59 Å². The number of anilines is 2. The van der Waals surface area contributed by atoms with Crippen LogP contribution < -0.4 is 16.1 Å². The molecule has 1 atom stereocenters. The number of hydrogen-bond acceptors (Lipinski definition) is 7. The summed E-state index contributed by atoms with van der Waals surface area (Å²) in [5.74, 6) is -0.256. The molecule has 1 fully saturated rings. The number of primary amides is 1. The Morgan fingerprint density at radius 1 is 1.06 bits per heavy atom. The lowest BCUT2D eigenvalue weighted by Crippen LogP contribution is -2.39. The van der Waals surface area contributed by atoms with E-state index in [1.165, 1.54) is 5.01 Å². The lowest BCUT2D eigenvalue weighted by atomic mass is 10.1. The molecule has 1 unspecified atom stereocenters. The molecule has 3 aromatic rings. The second-order valence-corrected chi connectivity index (χ2v) is 7.56. The maximum absolute atomic E-state index is 12.9. The number of hydrazone groups is 1. The molecule has 2 heterocycles. The fourth-order valence-electron chi connectivity index (χ4n) is 3.58. The summed E-state index contributed by atoms with van der Waals surface area (Å²) in [6, 6.07) is 16.1. The van der Waals surface area contributed by atoms with Crippen LogP contribution in [0.3, 0.4) is 0 Å². The second kappa shape index (κ2) is 7.63. The molecule has 1 aliphatic heterocycles. The second-order valence-electron chi connectivity index (χ2n) is 7.56. The maximum Gasteiger partial charge on any atom is 0.271 e. The van der Waals surface area contributed by atoms with Crippen LogP contribution in [-0.2, 0) is 9.59 Å². The first-order valence-electron chi connectivity index (χ1n) is 10.0. The Morgan fingerprint density at radius 3 is 2.61 bits per heavy atom. The molecule has 10 nitrogen and oxygen atoms in total. The van der Waals surface area contributed by atoms with Crippen molar-refractivity contribution < 1.29 is 9.59 Å². The zero-order chi connectivity index (χ0) is 21.4. The van der Waals surface area contributed by atoms with E-state index >= 15 is 0 Å². The van der Waals surface area contributed by atoms with Crippen LogP contribution in [0.2, 0.25) is 0 Å². The van der Waals surface area contributed by atoms with Gasteiger partial charge in [0.05, 0.1) is 11.7 Å². The van der Waals surface area contributed by atoms with Crippen LogP contribution in [0, 0.1) is 0 Å². The summed E-state index contributed by atoms with van der Waals surface area (Å²) in [4.78, 5) is 24.8. The van der Waals surface area contributed by atoms with Crippen molar-refractivity contribution in [1.82, 2.24) is 20.2 Å². The van der Waals surface area contributed by atoms with Crippen molar-refractivity contribution in [1.29, 1.82) is 0 Å². The highest BCUT2D eigenvalue weighted by molar-refractivity contribution is 6.44. The van der Waals surface area contributed by atoms with E-state index in [-0.39, 0.29) is 18.0 Å². The van der Waals surface area contributed by atoms with Gasteiger partial charge in [-0.1, -0.05) is 30.3 Å². The number of nitrogens with zero attached hydrogens (tertiary/aromatic N) is 6. The van der Waals surface area contributed by atoms with Crippen molar-refractivity contribution >= 4 is 28.9 Å². The Balaban J connectivity index is 1.36. The first kappa shape index (κ1) is 18.9. The summed E-state index contributed by atoms with van der Waals surface area (Å²) in [5, 5.41) is 20.7.